The Labute approximate surface area is 194 Å². The molecule has 33 heavy (non-hydrogen) atoms. The molecule has 1 saturated heterocycles. The van der Waals surface area contributed by atoms with Crippen LogP contribution in [0.5, 0.6) is 5.75 Å². The summed E-state index contributed by atoms with van der Waals surface area (Å²) in [6, 6.07) is 8.57. The summed E-state index contributed by atoms with van der Waals surface area (Å²) in [5, 5.41) is 10.0. The highest BCUT2D eigenvalue weighted by molar-refractivity contribution is 5.57. The zero-order valence-electron chi connectivity index (χ0n) is 19.1. The minimum atomic E-state index is -0.511. The van der Waals surface area contributed by atoms with Crippen molar-refractivity contribution in [3.05, 3.63) is 58.7 Å². The van der Waals surface area contributed by atoms with E-state index in [-0.39, 0.29) is 23.3 Å². The Bertz CT molecular complexity index is 986. The molecule has 0 radical (unpaired) electrons. The van der Waals surface area contributed by atoms with Crippen LogP contribution >= 0.6 is 0 Å². The third kappa shape index (κ3) is 4.39. The third-order valence-corrected chi connectivity index (χ3v) is 8.34. The second-order valence-electron chi connectivity index (χ2n) is 10.3. The van der Waals surface area contributed by atoms with E-state index < -0.39 is 11.6 Å². The van der Waals surface area contributed by atoms with Crippen LogP contribution in [0.1, 0.15) is 74.0 Å². The van der Waals surface area contributed by atoms with Crippen molar-refractivity contribution >= 4 is 12.0 Å². The second-order valence-corrected chi connectivity index (χ2v) is 10.3. The van der Waals surface area contributed by atoms with E-state index in [0.717, 1.165) is 30.3 Å². The van der Waals surface area contributed by atoms with Gasteiger partial charge in [-0.1, -0.05) is 38.2 Å². The van der Waals surface area contributed by atoms with Crippen molar-refractivity contribution in [3.63, 3.8) is 0 Å². The van der Waals surface area contributed by atoms with Gasteiger partial charge in [0, 0.05) is 24.9 Å². The van der Waals surface area contributed by atoms with Crippen LogP contribution in [0.3, 0.4) is 0 Å². The first kappa shape index (κ1) is 22.4. The van der Waals surface area contributed by atoms with Crippen LogP contribution in [0.4, 0.5) is 14.5 Å². The van der Waals surface area contributed by atoms with E-state index in [0.29, 0.717) is 43.3 Å². The van der Waals surface area contributed by atoms with Gasteiger partial charge in [-0.3, -0.25) is 0 Å². The third-order valence-electron chi connectivity index (χ3n) is 8.34. The summed E-state index contributed by atoms with van der Waals surface area (Å²) in [4.78, 5) is 12.8. The van der Waals surface area contributed by atoms with Crippen molar-refractivity contribution in [2.75, 3.05) is 18.0 Å². The van der Waals surface area contributed by atoms with Gasteiger partial charge < -0.3 is 14.8 Å². The second kappa shape index (κ2) is 9.44. The molecule has 1 saturated carbocycles. The molecule has 3 aliphatic rings. The van der Waals surface area contributed by atoms with Crippen LogP contribution in [-0.4, -0.2) is 24.5 Å². The lowest BCUT2D eigenvalue weighted by molar-refractivity contribution is -0.111. The van der Waals surface area contributed by atoms with Crippen LogP contribution in [0.25, 0.3) is 0 Å². The van der Waals surface area contributed by atoms with Crippen molar-refractivity contribution in [1.82, 2.24) is 0 Å². The number of benzene rings is 2. The summed E-state index contributed by atoms with van der Waals surface area (Å²) in [5.41, 5.74) is 2.94. The van der Waals surface area contributed by atoms with Gasteiger partial charge in [0.15, 0.2) is 0 Å². The van der Waals surface area contributed by atoms with Gasteiger partial charge in [-0.05, 0) is 78.5 Å². The normalized spacial score (nSPS) is 24.5. The summed E-state index contributed by atoms with van der Waals surface area (Å²) >= 11 is 0. The Hall–Kier alpha value is -2.43. The lowest BCUT2D eigenvalue weighted by Gasteiger charge is -2.41. The number of phenolic OH excluding ortho intramolecular Hbond substituents is 1. The average Bonchev–Trinajstić information content (AvgIpc) is 2.83. The van der Waals surface area contributed by atoms with Gasteiger partial charge in [0.05, 0.1) is 0 Å². The molecule has 0 spiro atoms. The first-order chi connectivity index (χ1) is 16.0. The molecule has 5 heteroatoms. The lowest BCUT2D eigenvalue weighted by atomic mass is 9.64. The van der Waals surface area contributed by atoms with Crippen LogP contribution in [0.2, 0.25) is 0 Å². The number of aldehydes is 1. The minimum Gasteiger partial charge on any atom is -0.508 e. The molecule has 2 fully saturated rings. The number of halogens is 2. The number of hydrogen-bond acceptors (Lipinski definition) is 3. The molecule has 2 aromatic carbocycles. The fourth-order valence-electron chi connectivity index (χ4n) is 6.65. The van der Waals surface area contributed by atoms with E-state index in [9.17, 15) is 9.90 Å². The number of piperidine rings is 1. The van der Waals surface area contributed by atoms with E-state index in [1.165, 1.54) is 32.1 Å². The highest BCUT2D eigenvalue weighted by Crippen LogP contribution is 2.49. The molecule has 0 amide bonds. The largest absolute Gasteiger partial charge is 0.508 e. The molecule has 1 heterocycles. The Balaban J connectivity index is 1.51. The molecular formula is C28H33F2NO2. The molecule has 3 nitrogen and oxygen atoms in total. The number of aromatic hydroxyl groups is 1. The van der Waals surface area contributed by atoms with Crippen molar-refractivity contribution < 1.29 is 18.7 Å². The van der Waals surface area contributed by atoms with Crippen molar-refractivity contribution in [2.45, 2.75) is 63.7 Å². The first-order valence-corrected chi connectivity index (χ1v) is 12.6. The number of rotatable bonds is 4. The smallest absolute Gasteiger partial charge is 0.149 e. The molecule has 1 N–H and O–H groups in total. The Morgan fingerprint density at radius 2 is 1.61 bits per heavy atom. The Morgan fingerprint density at radius 3 is 2.27 bits per heavy atom. The number of phenols is 1. The van der Waals surface area contributed by atoms with Crippen molar-refractivity contribution in [3.8, 4) is 5.75 Å². The van der Waals surface area contributed by atoms with Crippen molar-refractivity contribution in [2.24, 2.45) is 17.8 Å². The minimum absolute atomic E-state index is 0.0157. The molecule has 2 aromatic rings. The molecule has 1 aliphatic heterocycles. The maximum Gasteiger partial charge on any atom is 0.149 e. The fraction of sp³-hybridized carbons (Fsp3) is 0.536. The van der Waals surface area contributed by atoms with Crippen molar-refractivity contribution in [1.29, 1.82) is 0 Å². The number of carbonyl (C=O) groups is 1. The van der Waals surface area contributed by atoms with Gasteiger partial charge in [0.1, 0.15) is 29.4 Å². The zero-order valence-corrected chi connectivity index (χ0v) is 19.1. The van der Waals surface area contributed by atoms with Gasteiger partial charge in [-0.25, -0.2) is 8.78 Å². The van der Waals surface area contributed by atoms with E-state index >= 15 is 8.78 Å². The topological polar surface area (TPSA) is 40.5 Å². The molecule has 2 atom stereocenters. The van der Waals surface area contributed by atoms with Gasteiger partial charge in [-0.15, -0.1) is 0 Å². The van der Waals surface area contributed by atoms with Gasteiger partial charge in [0.2, 0.25) is 0 Å². The van der Waals surface area contributed by atoms with E-state index in [4.69, 9.17) is 0 Å². The zero-order chi connectivity index (χ0) is 22.9. The van der Waals surface area contributed by atoms with Gasteiger partial charge in [0.25, 0.3) is 0 Å². The molecule has 2 aliphatic carbocycles. The maximum absolute atomic E-state index is 15.4. The molecule has 0 bridgehead atoms. The molecule has 5 rings (SSSR count). The van der Waals surface area contributed by atoms with Crippen LogP contribution in [0, 0.1) is 29.4 Å². The predicted molar refractivity (Wildman–Crippen MR) is 126 cm³/mol. The first-order valence-electron chi connectivity index (χ1n) is 12.6. The van der Waals surface area contributed by atoms with Gasteiger partial charge >= 0.3 is 0 Å². The van der Waals surface area contributed by atoms with E-state index in [1.54, 1.807) is 23.1 Å². The predicted octanol–water partition coefficient (Wildman–Crippen LogP) is 6.36. The Morgan fingerprint density at radius 1 is 0.909 bits per heavy atom. The monoisotopic (exact) mass is 453 g/mol. The highest BCUT2D eigenvalue weighted by Gasteiger charge is 2.37. The summed E-state index contributed by atoms with van der Waals surface area (Å²) in [6.07, 6.45) is 10.2. The average molecular weight is 454 g/mol. The molecule has 176 valence electrons. The number of nitrogens with zero attached hydrogens (tertiary/aromatic N) is 1. The summed E-state index contributed by atoms with van der Waals surface area (Å²) in [5.74, 6) is 0.0734. The van der Waals surface area contributed by atoms with Crippen LogP contribution < -0.4 is 4.90 Å². The summed E-state index contributed by atoms with van der Waals surface area (Å²) < 4.78 is 30.9. The number of aryl methyl sites for hydroxylation is 1. The Kier molecular flexibility index (Phi) is 6.40. The SMILES string of the molecule is O=CC1CCN(c2c(F)cc([C@H]3c4ccc(O)cc4CC[C@H]3C3CCCCC3)cc2F)CC1. The van der Waals surface area contributed by atoms with Crippen LogP contribution in [-0.2, 0) is 11.2 Å². The number of fused-ring (bicyclic) bond motifs is 1. The quantitative estimate of drug-likeness (QED) is 0.548. The van der Waals surface area contributed by atoms with E-state index in [2.05, 4.69) is 0 Å². The van der Waals surface area contributed by atoms with Crippen LogP contribution in [0.15, 0.2) is 30.3 Å². The summed E-state index contributed by atoms with van der Waals surface area (Å²) in [7, 11) is 0. The number of anilines is 1. The molecule has 0 aromatic heterocycles. The van der Waals surface area contributed by atoms with E-state index in [1.807, 2.05) is 12.1 Å². The maximum atomic E-state index is 15.4. The standard InChI is InChI=1S/C28H33F2NO2/c29-25-15-21(16-26(30)28(25)31-12-10-18(17-32)11-13-31)27-23(19-4-2-1-3-5-19)8-6-20-14-22(33)7-9-24(20)27/h7,9,14-19,23,27,33H,1-6,8,10-13H2/t23-,27+/m0/s1. The fourth-order valence-corrected chi connectivity index (χ4v) is 6.65. The lowest BCUT2D eigenvalue weighted by Crippen LogP contribution is -2.35. The number of hydrogen-bond donors (Lipinski definition) is 1. The molecule has 0 unspecified atom stereocenters. The number of carbonyl (C=O) groups excluding carboxylic acids is 1. The highest BCUT2D eigenvalue weighted by atomic mass is 19.1. The molecular weight excluding hydrogens is 420 g/mol. The summed E-state index contributed by atoms with van der Waals surface area (Å²) in [6.45, 7) is 0.986. The van der Waals surface area contributed by atoms with Gasteiger partial charge in [-0.2, -0.15) is 0 Å².